The molecule has 0 saturated heterocycles. The highest BCUT2D eigenvalue weighted by Crippen LogP contribution is 2.22. The van der Waals surface area contributed by atoms with Crippen LogP contribution in [0.15, 0.2) is 23.9 Å². The molecule has 0 spiro atoms. The van der Waals surface area contributed by atoms with E-state index in [1.54, 1.807) is 16.9 Å². The first-order valence-corrected chi connectivity index (χ1v) is 4.13. The van der Waals surface area contributed by atoms with Crippen LogP contribution in [0.5, 0.6) is 0 Å². The second-order valence-corrected chi connectivity index (χ2v) is 3.84. The minimum atomic E-state index is -0.886. The van der Waals surface area contributed by atoms with Gasteiger partial charge in [-0.1, -0.05) is 19.9 Å². The molecule has 0 atom stereocenters. The third-order valence-electron chi connectivity index (χ3n) is 1.86. The standard InChI is InChI=1S/C10H13NO2/c1-10(2)4-5-11(3)7-8(6-10)9(12)13/h4-7H,1-3H3/p+1. The molecule has 70 valence electrons. The van der Waals surface area contributed by atoms with Gasteiger partial charge in [-0.05, 0) is 6.08 Å². The van der Waals surface area contributed by atoms with E-state index in [0.29, 0.717) is 5.57 Å². The fraction of sp³-hybridized carbons (Fsp3) is 0.400. The number of aliphatic carboxylic acids is 1. The summed E-state index contributed by atoms with van der Waals surface area (Å²) in [7, 11) is 1.81. The second kappa shape index (κ2) is 3.17. The average molecular weight is 180 g/mol. The summed E-state index contributed by atoms with van der Waals surface area (Å²) in [6.07, 6.45) is 7.19. The van der Waals surface area contributed by atoms with Gasteiger partial charge in [0.1, 0.15) is 12.6 Å². The first-order chi connectivity index (χ1) is 5.91. The van der Waals surface area contributed by atoms with Crippen molar-refractivity contribution in [3.05, 3.63) is 23.9 Å². The van der Waals surface area contributed by atoms with Gasteiger partial charge in [0.05, 0.1) is 0 Å². The van der Waals surface area contributed by atoms with Crippen molar-refractivity contribution in [3.63, 3.8) is 0 Å². The van der Waals surface area contributed by atoms with E-state index >= 15 is 0 Å². The SMILES string of the molecule is C[N+]1=CC(C(=O)O)=CC(C)(C)C=C1. The predicted octanol–water partition coefficient (Wildman–Crippen LogP) is 1.26. The van der Waals surface area contributed by atoms with E-state index in [2.05, 4.69) is 0 Å². The van der Waals surface area contributed by atoms with Crippen LogP contribution in [-0.2, 0) is 4.79 Å². The minimum absolute atomic E-state index is 0.199. The van der Waals surface area contributed by atoms with E-state index in [-0.39, 0.29) is 5.41 Å². The Bertz CT molecular complexity index is 322. The van der Waals surface area contributed by atoms with Gasteiger partial charge >= 0.3 is 5.97 Å². The molecule has 0 bridgehead atoms. The molecule has 1 heterocycles. The quantitative estimate of drug-likeness (QED) is 0.617. The highest BCUT2D eigenvalue weighted by atomic mass is 16.4. The summed E-state index contributed by atoms with van der Waals surface area (Å²) in [5, 5.41) is 8.86. The van der Waals surface area contributed by atoms with Gasteiger partial charge in [0.2, 0.25) is 0 Å². The van der Waals surface area contributed by atoms with E-state index < -0.39 is 5.97 Å². The summed E-state index contributed by atoms with van der Waals surface area (Å²) in [6.45, 7) is 3.94. The third kappa shape index (κ3) is 2.54. The second-order valence-electron chi connectivity index (χ2n) is 3.84. The van der Waals surface area contributed by atoms with Gasteiger partial charge in [0, 0.05) is 5.41 Å². The van der Waals surface area contributed by atoms with Crippen LogP contribution in [0, 0.1) is 5.41 Å². The molecule has 1 rings (SSSR count). The molecule has 0 aromatic carbocycles. The largest absolute Gasteiger partial charge is 0.477 e. The molecule has 0 saturated carbocycles. The molecule has 1 N–H and O–H groups in total. The fourth-order valence-electron chi connectivity index (χ4n) is 1.18. The molecule has 1 aliphatic rings. The molecule has 0 aromatic rings. The highest BCUT2D eigenvalue weighted by Gasteiger charge is 2.20. The van der Waals surface area contributed by atoms with Crippen molar-refractivity contribution in [2.45, 2.75) is 13.8 Å². The summed E-state index contributed by atoms with van der Waals surface area (Å²) in [5.74, 6) is -0.886. The molecule has 1 aliphatic heterocycles. The van der Waals surface area contributed by atoms with Crippen molar-refractivity contribution < 1.29 is 14.5 Å². The Labute approximate surface area is 77.7 Å². The smallest absolute Gasteiger partial charge is 0.341 e. The Balaban J connectivity index is 3.14. The lowest BCUT2D eigenvalue weighted by molar-refractivity contribution is -0.416. The number of nitrogens with zero attached hydrogens (tertiary/aromatic N) is 1. The Hall–Kier alpha value is -1.38. The van der Waals surface area contributed by atoms with Crippen LogP contribution in [0.1, 0.15) is 13.8 Å². The zero-order chi connectivity index (χ0) is 10.1. The van der Waals surface area contributed by atoms with Crippen LogP contribution < -0.4 is 0 Å². The van der Waals surface area contributed by atoms with Crippen LogP contribution in [0.4, 0.5) is 0 Å². The van der Waals surface area contributed by atoms with Crippen LogP contribution in [-0.4, -0.2) is 28.9 Å². The zero-order valence-electron chi connectivity index (χ0n) is 8.11. The van der Waals surface area contributed by atoms with E-state index in [9.17, 15) is 4.79 Å². The van der Waals surface area contributed by atoms with Gasteiger partial charge < -0.3 is 5.11 Å². The summed E-state index contributed by atoms with van der Waals surface area (Å²) >= 11 is 0. The molecule has 0 aromatic heterocycles. The van der Waals surface area contributed by atoms with Crippen LogP contribution in [0.3, 0.4) is 0 Å². The highest BCUT2D eigenvalue weighted by molar-refractivity contribution is 6.07. The van der Waals surface area contributed by atoms with Crippen molar-refractivity contribution in [2.24, 2.45) is 5.41 Å². The van der Waals surface area contributed by atoms with Gasteiger partial charge in [-0.3, -0.25) is 0 Å². The van der Waals surface area contributed by atoms with Gasteiger partial charge in [-0.15, -0.1) is 0 Å². The number of carbonyl (C=O) groups is 1. The summed E-state index contributed by atoms with van der Waals surface area (Å²) in [6, 6.07) is 0. The Morgan fingerprint density at radius 3 is 2.69 bits per heavy atom. The lowest BCUT2D eigenvalue weighted by Crippen LogP contribution is -2.09. The summed E-state index contributed by atoms with van der Waals surface area (Å²) < 4.78 is 1.74. The Morgan fingerprint density at radius 2 is 2.15 bits per heavy atom. The number of hydrogen-bond donors (Lipinski definition) is 1. The Morgan fingerprint density at radius 1 is 1.54 bits per heavy atom. The van der Waals surface area contributed by atoms with Crippen LogP contribution >= 0.6 is 0 Å². The molecule has 3 heteroatoms. The average Bonchev–Trinajstić information content (AvgIpc) is 2.11. The van der Waals surface area contributed by atoms with E-state index in [1.807, 2.05) is 33.2 Å². The summed E-state index contributed by atoms with van der Waals surface area (Å²) in [4.78, 5) is 10.8. The van der Waals surface area contributed by atoms with E-state index in [4.69, 9.17) is 5.11 Å². The van der Waals surface area contributed by atoms with Gasteiger partial charge in [-0.2, -0.15) is 0 Å². The maximum Gasteiger partial charge on any atom is 0.341 e. The maximum atomic E-state index is 10.8. The monoisotopic (exact) mass is 180 g/mol. The van der Waals surface area contributed by atoms with Crippen LogP contribution in [0.25, 0.3) is 0 Å². The molecule has 3 nitrogen and oxygen atoms in total. The molecule has 0 fully saturated rings. The number of carboxylic acids is 1. The molecule has 0 amide bonds. The predicted molar refractivity (Wildman–Crippen MR) is 50.9 cm³/mol. The van der Waals surface area contributed by atoms with Crippen molar-refractivity contribution in [1.29, 1.82) is 0 Å². The van der Waals surface area contributed by atoms with Gasteiger partial charge in [0.25, 0.3) is 0 Å². The number of allylic oxidation sites excluding steroid dienone is 2. The van der Waals surface area contributed by atoms with Crippen molar-refractivity contribution in [2.75, 3.05) is 7.05 Å². The van der Waals surface area contributed by atoms with Crippen molar-refractivity contribution >= 4 is 12.2 Å². The van der Waals surface area contributed by atoms with E-state index in [0.717, 1.165) is 0 Å². The molecule has 13 heavy (non-hydrogen) atoms. The zero-order valence-corrected chi connectivity index (χ0v) is 8.11. The van der Waals surface area contributed by atoms with E-state index in [1.165, 1.54) is 0 Å². The normalized spacial score (nSPS) is 20.2. The van der Waals surface area contributed by atoms with Gasteiger partial charge in [-0.25, -0.2) is 9.37 Å². The van der Waals surface area contributed by atoms with Crippen LogP contribution in [0.2, 0.25) is 0 Å². The lowest BCUT2D eigenvalue weighted by atomic mass is 9.91. The number of rotatable bonds is 1. The first kappa shape index (κ1) is 9.71. The molecule has 0 unspecified atom stereocenters. The van der Waals surface area contributed by atoms with Gasteiger partial charge in [0.15, 0.2) is 12.4 Å². The molecule has 0 aliphatic carbocycles. The number of hydrogen-bond acceptors (Lipinski definition) is 1. The molecular weight excluding hydrogens is 166 g/mol. The van der Waals surface area contributed by atoms with Crippen molar-refractivity contribution in [1.82, 2.24) is 0 Å². The molecular formula is C10H14NO2+. The lowest BCUT2D eigenvalue weighted by Gasteiger charge is -2.11. The fourth-order valence-corrected chi connectivity index (χ4v) is 1.18. The third-order valence-corrected chi connectivity index (χ3v) is 1.86. The first-order valence-electron chi connectivity index (χ1n) is 4.13. The summed E-state index contributed by atoms with van der Waals surface area (Å²) in [5.41, 5.74) is 0.132. The maximum absolute atomic E-state index is 10.8. The topological polar surface area (TPSA) is 40.3 Å². The molecule has 0 radical (unpaired) electrons. The van der Waals surface area contributed by atoms with Crippen molar-refractivity contribution in [3.8, 4) is 0 Å². The number of carboxylic acid groups (broad SMARTS) is 1. The Kier molecular flexibility index (Phi) is 2.36. The minimum Gasteiger partial charge on any atom is -0.477 e.